The highest BCUT2D eigenvalue weighted by Crippen LogP contribution is 2.25. The molecule has 114 valence electrons. The Morgan fingerprint density at radius 1 is 1.04 bits per heavy atom. The van der Waals surface area contributed by atoms with E-state index in [2.05, 4.69) is 5.10 Å². The number of aromatic nitrogens is 2. The van der Waals surface area contributed by atoms with E-state index in [1.807, 2.05) is 36.4 Å². The van der Waals surface area contributed by atoms with Gasteiger partial charge in [-0.1, -0.05) is 30.3 Å². The van der Waals surface area contributed by atoms with E-state index in [1.54, 1.807) is 35.0 Å². The summed E-state index contributed by atoms with van der Waals surface area (Å²) < 4.78 is 24.8. The second-order valence-corrected chi connectivity index (χ2v) is 7.09. The van der Waals surface area contributed by atoms with Crippen molar-refractivity contribution in [3.05, 3.63) is 66.4 Å². The predicted octanol–water partition coefficient (Wildman–Crippen LogP) is 2.81. The predicted molar refractivity (Wildman–Crippen MR) is 86.8 cm³/mol. The number of nitriles is 1. The third-order valence-corrected chi connectivity index (χ3v) is 4.53. The third-order valence-electron chi connectivity index (χ3n) is 3.40. The van der Waals surface area contributed by atoms with Crippen LogP contribution in [0.3, 0.4) is 0 Å². The van der Waals surface area contributed by atoms with E-state index in [-0.39, 0.29) is 4.90 Å². The summed E-state index contributed by atoms with van der Waals surface area (Å²) in [4.78, 5) is 0.257. The lowest BCUT2D eigenvalue weighted by Gasteiger charge is -2.08. The standard InChI is InChI=1S/C17H13N3O2S/c1-23(21,22)16-9-7-13(8-10-16)17-11-14(12-18)19-20(17)15-5-3-2-4-6-15/h2-11H,1H3. The molecule has 3 rings (SSSR count). The van der Waals surface area contributed by atoms with E-state index in [0.29, 0.717) is 5.69 Å². The number of benzene rings is 2. The maximum atomic E-state index is 11.6. The first-order valence-corrected chi connectivity index (χ1v) is 8.74. The molecule has 3 aromatic rings. The summed E-state index contributed by atoms with van der Waals surface area (Å²) in [5, 5.41) is 13.4. The molecule has 0 fully saturated rings. The van der Waals surface area contributed by atoms with Gasteiger partial charge in [0.05, 0.1) is 16.3 Å². The van der Waals surface area contributed by atoms with Crippen LogP contribution >= 0.6 is 0 Å². The lowest BCUT2D eigenvalue weighted by molar-refractivity contribution is 0.602. The van der Waals surface area contributed by atoms with E-state index in [0.717, 1.165) is 16.9 Å². The molecule has 1 heterocycles. The molecule has 0 saturated carbocycles. The Balaban J connectivity index is 2.13. The van der Waals surface area contributed by atoms with Crippen molar-refractivity contribution in [3.63, 3.8) is 0 Å². The third kappa shape index (κ3) is 3.00. The van der Waals surface area contributed by atoms with Crippen LogP contribution in [0.1, 0.15) is 5.69 Å². The van der Waals surface area contributed by atoms with Crippen molar-refractivity contribution in [2.24, 2.45) is 0 Å². The molecule has 2 aromatic carbocycles. The van der Waals surface area contributed by atoms with Crippen molar-refractivity contribution in [1.82, 2.24) is 9.78 Å². The first-order chi connectivity index (χ1) is 11.0. The molecule has 0 aliphatic rings. The van der Waals surface area contributed by atoms with Crippen LogP contribution in [-0.4, -0.2) is 24.5 Å². The van der Waals surface area contributed by atoms with Gasteiger partial charge in [0.25, 0.3) is 0 Å². The van der Waals surface area contributed by atoms with E-state index in [1.165, 1.54) is 6.26 Å². The Hall–Kier alpha value is -2.91. The molecule has 0 aliphatic carbocycles. The molecule has 0 radical (unpaired) electrons. The second-order valence-electron chi connectivity index (χ2n) is 5.07. The van der Waals surface area contributed by atoms with Crippen molar-refractivity contribution < 1.29 is 8.42 Å². The van der Waals surface area contributed by atoms with Crippen molar-refractivity contribution in [3.8, 4) is 23.0 Å². The average molecular weight is 323 g/mol. The Bertz CT molecular complexity index is 983. The van der Waals surface area contributed by atoms with E-state index >= 15 is 0 Å². The van der Waals surface area contributed by atoms with Crippen LogP contribution in [0, 0.1) is 11.3 Å². The fourth-order valence-electron chi connectivity index (χ4n) is 2.28. The Labute approximate surface area is 134 Å². The monoisotopic (exact) mass is 323 g/mol. The quantitative estimate of drug-likeness (QED) is 0.742. The number of hydrogen-bond donors (Lipinski definition) is 0. The molecule has 0 bridgehead atoms. The summed E-state index contributed by atoms with van der Waals surface area (Å²) >= 11 is 0. The van der Waals surface area contributed by atoms with Gasteiger partial charge < -0.3 is 0 Å². The largest absolute Gasteiger partial charge is 0.232 e. The fourth-order valence-corrected chi connectivity index (χ4v) is 2.91. The molecule has 1 aromatic heterocycles. The topological polar surface area (TPSA) is 75.8 Å². The zero-order valence-corrected chi connectivity index (χ0v) is 13.2. The molecule has 23 heavy (non-hydrogen) atoms. The molecule has 6 heteroatoms. The minimum atomic E-state index is -3.24. The van der Waals surface area contributed by atoms with E-state index in [9.17, 15) is 8.42 Å². The van der Waals surface area contributed by atoms with Crippen molar-refractivity contribution in [2.75, 3.05) is 6.26 Å². The maximum absolute atomic E-state index is 11.6. The number of para-hydroxylation sites is 1. The van der Waals surface area contributed by atoms with Crippen LogP contribution in [0.4, 0.5) is 0 Å². The summed E-state index contributed by atoms with van der Waals surface area (Å²) in [5.41, 5.74) is 2.65. The Morgan fingerprint density at radius 2 is 1.70 bits per heavy atom. The van der Waals surface area contributed by atoms with E-state index < -0.39 is 9.84 Å². The van der Waals surface area contributed by atoms with Gasteiger partial charge in [0.2, 0.25) is 0 Å². The first-order valence-electron chi connectivity index (χ1n) is 6.85. The number of nitrogens with zero attached hydrogens (tertiary/aromatic N) is 3. The zero-order valence-electron chi connectivity index (χ0n) is 12.3. The van der Waals surface area contributed by atoms with Crippen LogP contribution < -0.4 is 0 Å². The fraction of sp³-hybridized carbons (Fsp3) is 0.0588. The van der Waals surface area contributed by atoms with Gasteiger partial charge in [-0.3, -0.25) is 0 Å². The van der Waals surface area contributed by atoms with Gasteiger partial charge in [-0.2, -0.15) is 10.4 Å². The minimum absolute atomic E-state index is 0.257. The van der Waals surface area contributed by atoms with Gasteiger partial charge in [0, 0.05) is 17.9 Å². The summed E-state index contributed by atoms with van der Waals surface area (Å²) in [7, 11) is -3.24. The summed E-state index contributed by atoms with van der Waals surface area (Å²) in [6, 6.07) is 19.7. The zero-order chi connectivity index (χ0) is 16.4. The van der Waals surface area contributed by atoms with Gasteiger partial charge in [-0.05, 0) is 24.3 Å². The second kappa shape index (κ2) is 5.71. The van der Waals surface area contributed by atoms with Crippen LogP contribution in [0.5, 0.6) is 0 Å². The average Bonchev–Trinajstić information content (AvgIpc) is 2.99. The highest BCUT2D eigenvalue weighted by molar-refractivity contribution is 7.90. The van der Waals surface area contributed by atoms with Crippen LogP contribution in [-0.2, 0) is 9.84 Å². The number of sulfone groups is 1. The summed E-state index contributed by atoms with van der Waals surface area (Å²) in [6.07, 6.45) is 1.17. The highest BCUT2D eigenvalue weighted by atomic mass is 32.2. The molecular formula is C17H13N3O2S. The van der Waals surface area contributed by atoms with Gasteiger partial charge >= 0.3 is 0 Å². The van der Waals surface area contributed by atoms with Crippen LogP contribution in [0.2, 0.25) is 0 Å². The molecule has 5 nitrogen and oxygen atoms in total. The summed E-state index contributed by atoms with van der Waals surface area (Å²) in [6.45, 7) is 0. The van der Waals surface area contributed by atoms with Gasteiger partial charge in [0.15, 0.2) is 15.5 Å². The molecule has 0 saturated heterocycles. The maximum Gasteiger partial charge on any atom is 0.175 e. The van der Waals surface area contributed by atoms with Crippen LogP contribution in [0.15, 0.2) is 65.6 Å². The SMILES string of the molecule is CS(=O)(=O)c1ccc(-c2cc(C#N)nn2-c2ccccc2)cc1. The number of rotatable bonds is 3. The molecule has 0 aliphatic heterocycles. The van der Waals surface area contributed by atoms with E-state index in [4.69, 9.17) is 5.26 Å². The molecule has 0 unspecified atom stereocenters. The minimum Gasteiger partial charge on any atom is -0.232 e. The van der Waals surface area contributed by atoms with Gasteiger partial charge in [-0.25, -0.2) is 13.1 Å². The summed E-state index contributed by atoms with van der Waals surface area (Å²) in [5.74, 6) is 0. The van der Waals surface area contributed by atoms with Gasteiger partial charge in [0.1, 0.15) is 6.07 Å². The number of hydrogen-bond acceptors (Lipinski definition) is 4. The Kier molecular flexibility index (Phi) is 3.72. The molecule has 0 amide bonds. The smallest absolute Gasteiger partial charge is 0.175 e. The molecule has 0 N–H and O–H groups in total. The normalized spacial score (nSPS) is 11.1. The van der Waals surface area contributed by atoms with Crippen molar-refractivity contribution in [1.29, 1.82) is 5.26 Å². The van der Waals surface area contributed by atoms with Crippen LogP contribution in [0.25, 0.3) is 16.9 Å². The van der Waals surface area contributed by atoms with Crippen molar-refractivity contribution in [2.45, 2.75) is 4.90 Å². The van der Waals surface area contributed by atoms with Gasteiger partial charge in [-0.15, -0.1) is 0 Å². The lowest BCUT2D eigenvalue weighted by atomic mass is 10.1. The molecular weight excluding hydrogens is 310 g/mol. The first kappa shape index (κ1) is 15.0. The van der Waals surface area contributed by atoms with Crippen molar-refractivity contribution >= 4 is 9.84 Å². The lowest BCUT2D eigenvalue weighted by Crippen LogP contribution is -2.00. The Morgan fingerprint density at radius 3 is 2.26 bits per heavy atom. The highest BCUT2D eigenvalue weighted by Gasteiger charge is 2.13. The molecule has 0 spiro atoms. The molecule has 0 atom stereocenters.